The predicted octanol–water partition coefficient (Wildman–Crippen LogP) is 5.20. The summed E-state index contributed by atoms with van der Waals surface area (Å²) < 4.78 is 4.92. The molecule has 4 aromatic rings. The number of esters is 1. The number of rotatable bonds is 5. The van der Waals surface area contributed by atoms with Crippen molar-refractivity contribution in [3.63, 3.8) is 0 Å². The molecule has 1 N–H and O–H groups in total. The van der Waals surface area contributed by atoms with E-state index >= 15 is 0 Å². The van der Waals surface area contributed by atoms with Gasteiger partial charge in [0.05, 0.1) is 28.9 Å². The lowest BCUT2D eigenvalue weighted by Crippen LogP contribution is -2.34. The number of carbonyl (C=O) groups is 2. The average Bonchev–Trinajstić information content (AvgIpc) is 2.82. The lowest BCUT2D eigenvalue weighted by atomic mass is 10.0. The van der Waals surface area contributed by atoms with E-state index in [9.17, 15) is 9.59 Å². The van der Waals surface area contributed by atoms with Gasteiger partial charge in [-0.2, -0.15) is 0 Å². The summed E-state index contributed by atoms with van der Waals surface area (Å²) in [6.45, 7) is 0. The van der Waals surface area contributed by atoms with Gasteiger partial charge in [-0.05, 0) is 17.7 Å². The Morgan fingerprint density at radius 3 is 2.29 bits per heavy atom. The number of nitrogens with one attached hydrogen (secondary N) is 1. The summed E-state index contributed by atoms with van der Waals surface area (Å²) >= 11 is 6.40. The zero-order valence-corrected chi connectivity index (χ0v) is 17.5. The number of nitrogens with zero attached hydrogens (tertiary/aromatic N) is 1. The van der Waals surface area contributed by atoms with Gasteiger partial charge in [0.1, 0.15) is 0 Å². The van der Waals surface area contributed by atoms with E-state index in [1.54, 1.807) is 48.5 Å². The van der Waals surface area contributed by atoms with Crippen molar-refractivity contribution >= 4 is 34.4 Å². The van der Waals surface area contributed by atoms with E-state index in [0.29, 0.717) is 32.7 Å². The van der Waals surface area contributed by atoms with E-state index in [-0.39, 0.29) is 0 Å². The molecule has 0 radical (unpaired) electrons. The molecule has 1 aromatic heterocycles. The Morgan fingerprint density at radius 2 is 1.61 bits per heavy atom. The molecule has 154 valence electrons. The molecule has 0 fully saturated rings. The Kier molecular flexibility index (Phi) is 5.96. The van der Waals surface area contributed by atoms with Gasteiger partial charge in [-0.3, -0.25) is 4.79 Å². The van der Waals surface area contributed by atoms with Gasteiger partial charge in [-0.1, -0.05) is 84.4 Å². The normalized spacial score (nSPS) is 11.7. The van der Waals surface area contributed by atoms with Gasteiger partial charge in [0.25, 0.3) is 5.91 Å². The Balaban J connectivity index is 1.81. The van der Waals surface area contributed by atoms with Crippen LogP contribution in [0.1, 0.15) is 22.0 Å². The van der Waals surface area contributed by atoms with Crippen LogP contribution in [0.2, 0.25) is 5.02 Å². The summed E-state index contributed by atoms with van der Waals surface area (Å²) in [6, 6.07) is 24.5. The molecule has 0 aliphatic heterocycles. The number of hydrogen-bond acceptors (Lipinski definition) is 4. The highest BCUT2D eigenvalue weighted by Gasteiger charge is 2.25. The highest BCUT2D eigenvalue weighted by atomic mass is 35.5. The number of amides is 1. The van der Waals surface area contributed by atoms with Crippen molar-refractivity contribution in [2.75, 3.05) is 7.11 Å². The number of methoxy groups -OCH3 is 1. The Bertz CT molecular complexity index is 1240. The number of halogens is 1. The molecule has 0 spiro atoms. The molecule has 0 saturated heterocycles. The first-order valence-corrected chi connectivity index (χ1v) is 10.0. The van der Waals surface area contributed by atoms with Crippen LogP contribution in [0.5, 0.6) is 0 Å². The minimum absolute atomic E-state index is 0.371. The fraction of sp³-hybridized carbons (Fsp3) is 0.0800. The standard InChI is InChI=1S/C25H19ClN2O3/c1-31-25(30)22(17-11-6-3-7-12-17)28-24(29)19-15-21(16-9-4-2-5-10-16)27-23-18(19)13-8-14-20(23)26/h2-15,22H,1H3,(H,28,29). The van der Waals surface area contributed by atoms with Crippen LogP contribution in [0.3, 0.4) is 0 Å². The highest BCUT2D eigenvalue weighted by Crippen LogP contribution is 2.29. The van der Waals surface area contributed by atoms with Gasteiger partial charge in [-0.25, -0.2) is 9.78 Å². The quantitative estimate of drug-likeness (QED) is 0.442. The first-order chi connectivity index (χ1) is 15.1. The van der Waals surface area contributed by atoms with Gasteiger partial charge in [0, 0.05) is 10.9 Å². The number of ether oxygens (including phenoxy) is 1. The molecule has 1 atom stereocenters. The van der Waals surface area contributed by atoms with Gasteiger partial charge < -0.3 is 10.1 Å². The molecular formula is C25H19ClN2O3. The van der Waals surface area contributed by atoms with E-state index in [2.05, 4.69) is 10.3 Å². The lowest BCUT2D eigenvalue weighted by Gasteiger charge is -2.18. The smallest absolute Gasteiger partial charge is 0.333 e. The monoisotopic (exact) mass is 430 g/mol. The van der Waals surface area contributed by atoms with Crippen molar-refractivity contribution < 1.29 is 14.3 Å². The number of para-hydroxylation sites is 1. The molecule has 5 nitrogen and oxygen atoms in total. The van der Waals surface area contributed by atoms with Crippen molar-refractivity contribution in [1.82, 2.24) is 10.3 Å². The topological polar surface area (TPSA) is 68.3 Å². The fourth-order valence-electron chi connectivity index (χ4n) is 3.41. The summed E-state index contributed by atoms with van der Waals surface area (Å²) in [5, 5.41) is 3.85. The second-order valence-corrected chi connectivity index (χ2v) is 7.30. The van der Waals surface area contributed by atoms with E-state index in [4.69, 9.17) is 16.3 Å². The molecule has 0 saturated carbocycles. The molecule has 6 heteroatoms. The van der Waals surface area contributed by atoms with Crippen LogP contribution < -0.4 is 5.32 Å². The summed E-state index contributed by atoms with van der Waals surface area (Å²) in [7, 11) is 1.29. The SMILES string of the molecule is COC(=O)C(NC(=O)c1cc(-c2ccccc2)nc2c(Cl)cccc12)c1ccccc1. The third-order valence-electron chi connectivity index (χ3n) is 4.95. The van der Waals surface area contributed by atoms with Gasteiger partial charge >= 0.3 is 5.97 Å². The molecule has 1 unspecified atom stereocenters. The molecule has 0 bridgehead atoms. The lowest BCUT2D eigenvalue weighted by molar-refractivity contribution is -0.143. The minimum atomic E-state index is -0.943. The second kappa shape index (κ2) is 8.98. The number of carbonyl (C=O) groups excluding carboxylic acids is 2. The fourth-order valence-corrected chi connectivity index (χ4v) is 3.63. The van der Waals surface area contributed by atoms with Crippen molar-refractivity contribution in [1.29, 1.82) is 0 Å². The second-order valence-electron chi connectivity index (χ2n) is 6.90. The highest BCUT2D eigenvalue weighted by molar-refractivity contribution is 6.35. The van der Waals surface area contributed by atoms with Gasteiger partial charge in [0.15, 0.2) is 6.04 Å². The Morgan fingerprint density at radius 1 is 0.935 bits per heavy atom. The third-order valence-corrected chi connectivity index (χ3v) is 5.25. The molecule has 31 heavy (non-hydrogen) atoms. The summed E-state index contributed by atoms with van der Waals surface area (Å²) in [5.74, 6) is -0.981. The van der Waals surface area contributed by atoms with Crippen molar-refractivity contribution in [2.45, 2.75) is 6.04 Å². The van der Waals surface area contributed by atoms with Crippen molar-refractivity contribution in [3.8, 4) is 11.3 Å². The van der Waals surface area contributed by atoms with E-state index in [0.717, 1.165) is 5.56 Å². The third kappa shape index (κ3) is 4.27. The van der Waals surface area contributed by atoms with Crippen LogP contribution in [0.25, 0.3) is 22.2 Å². The van der Waals surface area contributed by atoms with E-state index < -0.39 is 17.9 Å². The molecule has 0 aliphatic rings. The summed E-state index contributed by atoms with van der Waals surface area (Å²) in [5.41, 5.74) is 2.98. The largest absolute Gasteiger partial charge is 0.467 e. The van der Waals surface area contributed by atoms with Crippen LogP contribution in [0.15, 0.2) is 84.9 Å². The van der Waals surface area contributed by atoms with Crippen LogP contribution >= 0.6 is 11.6 Å². The maximum absolute atomic E-state index is 13.4. The minimum Gasteiger partial charge on any atom is -0.467 e. The van der Waals surface area contributed by atoms with E-state index in [1.165, 1.54) is 7.11 Å². The van der Waals surface area contributed by atoms with Crippen LogP contribution in [-0.2, 0) is 9.53 Å². The number of hydrogen-bond donors (Lipinski definition) is 1. The molecule has 1 amide bonds. The van der Waals surface area contributed by atoms with Crippen LogP contribution in [0.4, 0.5) is 0 Å². The molecule has 0 aliphatic carbocycles. The molecule has 1 heterocycles. The number of fused-ring (bicyclic) bond motifs is 1. The zero-order valence-electron chi connectivity index (χ0n) is 16.7. The molecule has 4 rings (SSSR count). The first kappa shape index (κ1) is 20.6. The first-order valence-electron chi connectivity index (χ1n) is 9.67. The molecular weight excluding hydrogens is 412 g/mol. The number of aromatic nitrogens is 1. The van der Waals surface area contributed by atoms with Crippen molar-refractivity contribution in [3.05, 3.63) is 101 Å². The Hall–Kier alpha value is -3.70. The van der Waals surface area contributed by atoms with E-state index in [1.807, 2.05) is 36.4 Å². The maximum atomic E-state index is 13.4. The predicted molar refractivity (Wildman–Crippen MR) is 121 cm³/mol. The summed E-state index contributed by atoms with van der Waals surface area (Å²) in [4.78, 5) is 30.5. The zero-order chi connectivity index (χ0) is 21.8. The van der Waals surface area contributed by atoms with Crippen LogP contribution in [-0.4, -0.2) is 24.0 Å². The summed E-state index contributed by atoms with van der Waals surface area (Å²) in [6.07, 6.45) is 0. The van der Waals surface area contributed by atoms with Gasteiger partial charge in [-0.15, -0.1) is 0 Å². The number of pyridine rings is 1. The van der Waals surface area contributed by atoms with Gasteiger partial charge in [0.2, 0.25) is 0 Å². The average molecular weight is 431 g/mol. The molecule has 3 aromatic carbocycles. The Labute approximate surface area is 184 Å². The number of benzene rings is 3. The maximum Gasteiger partial charge on any atom is 0.333 e. The van der Waals surface area contributed by atoms with Crippen molar-refractivity contribution in [2.24, 2.45) is 0 Å². The van der Waals surface area contributed by atoms with Crippen LogP contribution in [0, 0.1) is 0 Å².